The first kappa shape index (κ1) is 41.4. The molecule has 1 nitrogen and oxygen atoms in total. The molecule has 0 aliphatic rings. The van der Waals surface area contributed by atoms with Gasteiger partial charge in [-0.1, -0.05) is 217 Å². The van der Waals surface area contributed by atoms with Crippen LogP contribution in [0.2, 0.25) is 70.3 Å². The van der Waals surface area contributed by atoms with Crippen molar-refractivity contribution in [3.05, 3.63) is 178 Å². The number of nitrogens with zero attached hydrogens (tertiary/aromatic N) is 1. The van der Waals surface area contributed by atoms with Crippen molar-refractivity contribution in [1.29, 1.82) is 0 Å². The van der Waals surface area contributed by atoms with Crippen LogP contribution in [0.1, 0.15) is 16.7 Å². The summed E-state index contributed by atoms with van der Waals surface area (Å²) in [6.45, 7) is 0. The Balaban J connectivity index is 1.40. The highest BCUT2D eigenvalue weighted by atomic mass is 35.5. The van der Waals surface area contributed by atoms with Crippen molar-refractivity contribution in [1.82, 2.24) is 4.57 Å². The van der Waals surface area contributed by atoms with Gasteiger partial charge in [0.05, 0.1) is 87.3 Å². The third-order valence-corrected chi connectivity index (χ3v) is 15.6. The van der Waals surface area contributed by atoms with Crippen LogP contribution in [0.5, 0.6) is 0 Å². The predicted molar refractivity (Wildman–Crippen MR) is 247 cm³/mol. The second kappa shape index (κ2) is 15.9. The standard InChI is InChI=1S/C41H14Cl14N/c42-28-23(17-10-12-22-20(14-17)19-7-3-4-8-21(19)56(22)18-11-9-15-5-1-2-6-16(15)13-18)29(43)31(45)25(30(28)44)24(26-32(46)36(50)40(54)37(51)33(26)47)27-34(48)38(52)41(55)39(53)35(27)49/h1-14H. The number of benzene rings is 7. The highest BCUT2D eigenvalue weighted by Crippen LogP contribution is 2.58. The summed E-state index contributed by atoms with van der Waals surface area (Å²) in [4.78, 5) is 0. The first-order chi connectivity index (χ1) is 26.6. The van der Waals surface area contributed by atoms with Gasteiger partial charge in [0.1, 0.15) is 0 Å². The lowest BCUT2D eigenvalue weighted by atomic mass is 9.83. The summed E-state index contributed by atoms with van der Waals surface area (Å²) in [7, 11) is 0. The lowest BCUT2D eigenvalue weighted by Gasteiger charge is -2.28. The van der Waals surface area contributed by atoms with Gasteiger partial charge in [0.15, 0.2) is 0 Å². The summed E-state index contributed by atoms with van der Waals surface area (Å²) in [6.07, 6.45) is 0. The highest BCUT2D eigenvalue weighted by molar-refractivity contribution is 6.58. The van der Waals surface area contributed by atoms with Crippen molar-refractivity contribution < 1.29 is 0 Å². The van der Waals surface area contributed by atoms with Crippen LogP contribution in [-0.4, -0.2) is 4.57 Å². The van der Waals surface area contributed by atoms with E-state index in [4.69, 9.17) is 162 Å². The molecule has 0 saturated carbocycles. The molecule has 0 aliphatic carbocycles. The van der Waals surface area contributed by atoms with E-state index in [-0.39, 0.29) is 92.9 Å². The molecule has 281 valence electrons. The van der Waals surface area contributed by atoms with Gasteiger partial charge in [0, 0.05) is 38.7 Å². The van der Waals surface area contributed by atoms with E-state index in [1.807, 2.05) is 42.5 Å². The van der Waals surface area contributed by atoms with Crippen molar-refractivity contribution in [3.8, 4) is 16.8 Å². The van der Waals surface area contributed by atoms with Crippen molar-refractivity contribution in [2.24, 2.45) is 0 Å². The Morgan fingerprint density at radius 2 is 0.768 bits per heavy atom. The average molecular weight is 1020 g/mol. The zero-order valence-corrected chi connectivity index (χ0v) is 37.9. The Kier molecular flexibility index (Phi) is 11.8. The van der Waals surface area contributed by atoms with Gasteiger partial charge >= 0.3 is 0 Å². The first-order valence-corrected chi connectivity index (χ1v) is 21.2. The molecule has 1 aromatic heterocycles. The second-order valence-electron chi connectivity index (χ2n) is 12.4. The van der Waals surface area contributed by atoms with E-state index in [9.17, 15) is 0 Å². The number of fused-ring (bicyclic) bond motifs is 4. The molecule has 0 unspecified atom stereocenters. The van der Waals surface area contributed by atoms with E-state index in [1.54, 1.807) is 0 Å². The van der Waals surface area contributed by atoms with Gasteiger partial charge in [-0.15, -0.1) is 0 Å². The van der Waals surface area contributed by atoms with Gasteiger partial charge in [0.2, 0.25) is 0 Å². The fourth-order valence-electron chi connectivity index (χ4n) is 6.85. The molecule has 0 fully saturated rings. The minimum Gasteiger partial charge on any atom is -0.309 e. The van der Waals surface area contributed by atoms with Crippen molar-refractivity contribution in [3.63, 3.8) is 0 Å². The first-order valence-electron chi connectivity index (χ1n) is 15.9. The van der Waals surface area contributed by atoms with Gasteiger partial charge in [-0.3, -0.25) is 0 Å². The normalized spacial score (nSPS) is 11.9. The van der Waals surface area contributed by atoms with Gasteiger partial charge in [0.25, 0.3) is 0 Å². The highest BCUT2D eigenvalue weighted by Gasteiger charge is 2.38. The van der Waals surface area contributed by atoms with Crippen LogP contribution in [0.3, 0.4) is 0 Å². The molecule has 0 N–H and O–H groups in total. The number of aromatic nitrogens is 1. The second-order valence-corrected chi connectivity index (χ2v) is 17.7. The number of hydrogen-bond acceptors (Lipinski definition) is 0. The molecule has 0 aliphatic heterocycles. The Hall–Kier alpha value is -1.34. The quantitative estimate of drug-likeness (QED) is 0.0920. The van der Waals surface area contributed by atoms with E-state index in [1.165, 1.54) is 0 Å². The lowest BCUT2D eigenvalue weighted by molar-refractivity contribution is 1.19. The summed E-state index contributed by atoms with van der Waals surface area (Å²) < 4.78 is 2.21. The Morgan fingerprint density at radius 1 is 0.339 bits per heavy atom. The third-order valence-electron chi connectivity index (χ3n) is 9.39. The monoisotopic (exact) mass is 1010 g/mol. The molecule has 0 spiro atoms. The number of para-hydroxylation sites is 1. The maximum absolute atomic E-state index is 7.24. The molecular formula is C41H14Cl14N. The SMILES string of the molecule is Clc1c(Cl)c(Cl)c([C](c2c(Cl)c(Cl)c(Cl)c(Cl)c2Cl)c2c(Cl)c(Cl)c(-c3ccc4c(c3)c3ccccc3n4-c3ccc4ccccc4c3)c(Cl)c2Cl)c(Cl)c1Cl. The van der Waals surface area contributed by atoms with E-state index >= 15 is 0 Å². The fourth-order valence-corrected chi connectivity index (χ4v) is 10.8. The summed E-state index contributed by atoms with van der Waals surface area (Å²) in [6, 6.07) is 28.5. The molecule has 0 saturated heterocycles. The summed E-state index contributed by atoms with van der Waals surface area (Å²) in [5, 5.41) is 2.57. The molecule has 15 heteroatoms. The van der Waals surface area contributed by atoms with Crippen LogP contribution >= 0.6 is 162 Å². The minimum atomic E-state index is -0.160. The Bertz CT molecular complexity index is 2830. The molecular weight excluding hydrogens is 1000 g/mol. The molecule has 0 bridgehead atoms. The fraction of sp³-hybridized carbons (Fsp3) is 0. The Morgan fingerprint density at radius 3 is 1.30 bits per heavy atom. The van der Waals surface area contributed by atoms with Crippen LogP contribution in [0.25, 0.3) is 49.4 Å². The van der Waals surface area contributed by atoms with E-state index in [2.05, 4.69) is 47.0 Å². The minimum absolute atomic E-state index is 0.00224. The molecule has 0 atom stereocenters. The van der Waals surface area contributed by atoms with Gasteiger partial charge in [-0.2, -0.15) is 0 Å². The van der Waals surface area contributed by atoms with Gasteiger partial charge in [-0.05, 0) is 46.7 Å². The van der Waals surface area contributed by atoms with Crippen LogP contribution in [0, 0.1) is 5.92 Å². The molecule has 1 heterocycles. The van der Waals surface area contributed by atoms with Gasteiger partial charge in [-0.25, -0.2) is 0 Å². The molecule has 1 radical (unpaired) electrons. The molecule has 0 amide bonds. The number of halogens is 14. The zero-order valence-electron chi connectivity index (χ0n) is 27.3. The number of rotatable bonds is 5. The van der Waals surface area contributed by atoms with E-state index < -0.39 is 0 Å². The molecule has 7 aromatic carbocycles. The predicted octanol–water partition coefficient (Wildman–Crippen LogP) is 19.8. The average Bonchev–Trinajstić information content (AvgIpc) is 3.53. The third kappa shape index (κ3) is 6.53. The topological polar surface area (TPSA) is 4.93 Å². The molecule has 56 heavy (non-hydrogen) atoms. The molecule has 8 aromatic rings. The summed E-state index contributed by atoms with van der Waals surface area (Å²) >= 11 is 95.4. The maximum Gasteiger partial charge on any atom is 0.0809 e. The lowest BCUT2D eigenvalue weighted by Crippen LogP contribution is -2.12. The maximum atomic E-state index is 7.24. The van der Waals surface area contributed by atoms with Crippen LogP contribution < -0.4 is 0 Å². The van der Waals surface area contributed by atoms with Crippen LogP contribution in [-0.2, 0) is 0 Å². The van der Waals surface area contributed by atoms with Crippen molar-refractivity contribution in [2.45, 2.75) is 0 Å². The van der Waals surface area contributed by atoms with E-state index in [0.717, 1.165) is 38.3 Å². The molecule has 8 rings (SSSR count). The summed E-state index contributed by atoms with van der Waals surface area (Å²) in [5.41, 5.74) is 3.84. The van der Waals surface area contributed by atoms with Crippen LogP contribution in [0.15, 0.2) is 84.9 Å². The summed E-state index contributed by atoms with van der Waals surface area (Å²) in [5.74, 6) is -0.0183. The Labute approximate surface area is 390 Å². The van der Waals surface area contributed by atoms with Crippen molar-refractivity contribution in [2.75, 3.05) is 0 Å². The van der Waals surface area contributed by atoms with Crippen molar-refractivity contribution >= 4 is 195 Å². The van der Waals surface area contributed by atoms with E-state index in [0.29, 0.717) is 11.1 Å². The van der Waals surface area contributed by atoms with Crippen LogP contribution in [0.4, 0.5) is 0 Å². The number of hydrogen-bond donors (Lipinski definition) is 0. The largest absolute Gasteiger partial charge is 0.309 e. The zero-order chi connectivity index (χ0) is 40.1. The smallest absolute Gasteiger partial charge is 0.0809 e. The van der Waals surface area contributed by atoms with Gasteiger partial charge < -0.3 is 4.57 Å².